The van der Waals surface area contributed by atoms with Crippen LogP contribution in [0.3, 0.4) is 0 Å². The molecule has 0 fully saturated rings. The van der Waals surface area contributed by atoms with Crippen LogP contribution in [-0.4, -0.2) is 44.2 Å². The first-order chi connectivity index (χ1) is 6.02. The normalized spacial score (nSPS) is 13.5. The highest BCUT2D eigenvalue weighted by Gasteiger charge is 2.22. The topological polar surface area (TPSA) is 55.6 Å². The number of methoxy groups -OCH3 is 1. The Balaban J connectivity index is 4.14. The Hall–Kier alpha value is -0.610. The molecule has 1 unspecified atom stereocenters. The van der Waals surface area contributed by atoms with Crippen molar-refractivity contribution in [2.45, 2.75) is 19.9 Å². The molecule has 0 aliphatic rings. The Kier molecular flexibility index (Phi) is 5.66. The first kappa shape index (κ1) is 12.4. The van der Waals surface area contributed by atoms with Gasteiger partial charge in [-0.25, -0.2) is 0 Å². The summed E-state index contributed by atoms with van der Waals surface area (Å²) in [5, 5.41) is 0. The highest BCUT2D eigenvalue weighted by atomic mass is 16.5. The summed E-state index contributed by atoms with van der Waals surface area (Å²) in [7, 11) is 3.27. The molecule has 0 aromatic heterocycles. The summed E-state index contributed by atoms with van der Waals surface area (Å²) in [4.78, 5) is 13.1. The molecule has 13 heavy (non-hydrogen) atoms. The first-order valence-corrected chi connectivity index (χ1v) is 4.51. The van der Waals surface area contributed by atoms with Gasteiger partial charge in [0.1, 0.15) is 6.04 Å². The Morgan fingerprint density at radius 1 is 1.54 bits per heavy atom. The predicted octanol–water partition coefficient (Wildman–Crippen LogP) is 0.0745. The van der Waals surface area contributed by atoms with Crippen molar-refractivity contribution >= 4 is 5.97 Å². The smallest absolute Gasteiger partial charge is 0.324 e. The fraction of sp³-hybridized carbons (Fsp3) is 0.889. The maximum Gasteiger partial charge on any atom is 0.324 e. The molecule has 0 heterocycles. The van der Waals surface area contributed by atoms with Crippen LogP contribution in [0.4, 0.5) is 0 Å². The Morgan fingerprint density at radius 2 is 2.08 bits per heavy atom. The third kappa shape index (κ3) is 4.24. The second-order valence-corrected chi connectivity index (χ2v) is 3.61. The van der Waals surface area contributed by atoms with E-state index >= 15 is 0 Å². The lowest BCUT2D eigenvalue weighted by Gasteiger charge is -2.25. The summed E-state index contributed by atoms with van der Waals surface area (Å²) in [6, 6.07) is -0.313. The van der Waals surface area contributed by atoms with Gasteiger partial charge in [0.25, 0.3) is 0 Å². The molecule has 1 atom stereocenters. The van der Waals surface area contributed by atoms with E-state index in [4.69, 9.17) is 5.73 Å². The average molecular weight is 188 g/mol. The molecule has 0 amide bonds. The van der Waals surface area contributed by atoms with Crippen molar-refractivity contribution in [2.75, 3.05) is 27.2 Å². The van der Waals surface area contributed by atoms with Crippen molar-refractivity contribution in [3.05, 3.63) is 0 Å². The number of esters is 1. The van der Waals surface area contributed by atoms with Crippen LogP contribution in [0.1, 0.15) is 13.8 Å². The van der Waals surface area contributed by atoms with Gasteiger partial charge in [-0.2, -0.15) is 0 Å². The molecule has 2 N–H and O–H groups in total. The number of ether oxygens (including phenoxy) is 1. The minimum Gasteiger partial charge on any atom is -0.468 e. The van der Waals surface area contributed by atoms with Crippen molar-refractivity contribution in [3.8, 4) is 0 Å². The van der Waals surface area contributed by atoms with Gasteiger partial charge in [-0.3, -0.25) is 9.69 Å². The fourth-order valence-corrected chi connectivity index (χ4v) is 1.30. The average Bonchev–Trinajstić information content (AvgIpc) is 2.03. The molecule has 4 nitrogen and oxygen atoms in total. The second kappa shape index (κ2) is 5.94. The number of hydrogen-bond acceptors (Lipinski definition) is 4. The van der Waals surface area contributed by atoms with Crippen molar-refractivity contribution in [2.24, 2.45) is 11.7 Å². The van der Waals surface area contributed by atoms with Crippen LogP contribution in [-0.2, 0) is 9.53 Å². The van der Waals surface area contributed by atoms with Gasteiger partial charge in [0.05, 0.1) is 7.11 Å². The van der Waals surface area contributed by atoms with Crippen LogP contribution in [0.2, 0.25) is 0 Å². The van der Waals surface area contributed by atoms with Gasteiger partial charge < -0.3 is 10.5 Å². The second-order valence-electron chi connectivity index (χ2n) is 3.61. The van der Waals surface area contributed by atoms with E-state index in [2.05, 4.69) is 18.6 Å². The number of nitrogens with two attached hydrogens (primary N) is 1. The van der Waals surface area contributed by atoms with Gasteiger partial charge in [-0.05, 0) is 13.0 Å². The van der Waals surface area contributed by atoms with Crippen LogP contribution in [0.25, 0.3) is 0 Å². The molecule has 0 spiro atoms. The van der Waals surface area contributed by atoms with E-state index < -0.39 is 0 Å². The Bertz CT molecular complexity index is 160. The van der Waals surface area contributed by atoms with Gasteiger partial charge in [0, 0.05) is 13.1 Å². The van der Waals surface area contributed by atoms with Crippen molar-refractivity contribution < 1.29 is 9.53 Å². The van der Waals surface area contributed by atoms with E-state index in [0.29, 0.717) is 12.5 Å². The summed E-state index contributed by atoms with van der Waals surface area (Å²) >= 11 is 0. The zero-order chi connectivity index (χ0) is 10.4. The summed E-state index contributed by atoms with van der Waals surface area (Å²) in [5.41, 5.74) is 5.48. The van der Waals surface area contributed by atoms with E-state index in [1.807, 2.05) is 11.9 Å². The largest absolute Gasteiger partial charge is 0.468 e. The maximum absolute atomic E-state index is 11.2. The van der Waals surface area contributed by atoms with Crippen molar-refractivity contribution in [3.63, 3.8) is 0 Å². The summed E-state index contributed by atoms with van der Waals surface area (Å²) in [5.74, 6) is 0.259. The number of likely N-dealkylation sites (N-methyl/N-ethyl adjacent to an activating group) is 1. The Morgan fingerprint density at radius 3 is 2.38 bits per heavy atom. The monoisotopic (exact) mass is 188 g/mol. The zero-order valence-electron chi connectivity index (χ0n) is 8.91. The molecule has 0 saturated heterocycles. The molecule has 4 heteroatoms. The fourth-order valence-electron chi connectivity index (χ4n) is 1.30. The molecular weight excluding hydrogens is 168 g/mol. The summed E-state index contributed by atoms with van der Waals surface area (Å²) in [6.07, 6.45) is 0. The Labute approximate surface area is 80.0 Å². The SMILES string of the molecule is COC(=O)C(CN)N(C)CC(C)C. The lowest BCUT2D eigenvalue weighted by molar-refractivity contribution is -0.146. The highest BCUT2D eigenvalue weighted by Crippen LogP contribution is 2.02. The minimum atomic E-state index is -0.313. The lowest BCUT2D eigenvalue weighted by Crippen LogP contribution is -2.45. The van der Waals surface area contributed by atoms with Crippen LogP contribution in [0.15, 0.2) is 0 Å². The van der Waals surface area contributed by atoms with Gasteiger partial charge in [-0.1, -0.05) is 13.8 Å². The van der Waals surface area contributed by atoms with E-state index in [1.165, 1.54) is 7.11 Å². The van der Waals surface area contributed by atoms with E-state index in [1.54, 1.807) is 0 Å². The van der Waals surface area contributed by atoms with Crippen LogP contribution >= 0.6 is 0 Å². The highest BCUT2D eigenvalue weighted by molar-refractivity contribution is 5.75. The molecule has 0 aromatic rings. The minimum absolute atomic E-state index is 0.259. The van der Waals surface area contributed by atoms with Crippen LogP contribution < -0.4 is 5.73 Å². The predicted molar refractivity (Wildman–Crippen MR) is 52.3 cm³/mol. The lowest BCUT2D eigenvalue weighted by atomic mass is 10.1. The molecule has 0 rings (SSSR count). The third-order valence-electron chi connectivity index (χ3n) is 1.88. The van der Waals surface area contributed by atoms with E-state index in [0.717, 1.165) is 6.54 Å². The number of carbonyl (C=O) groups excluding carboxylic acids is 1. The van der Waals surface area contributed by atoms with Gasteiger partial charge in [0.15, 0.2) is 0 Å². The zero-order valence-corrected chi connectivity index (χ0v) is 8.91. The molecule has 0 bridgehead atoms. The van der Waals surface area contributed by atoms with Crippen LogP contribution in [0.5, 0.6) is 0 Å². The van der Waals surface area contributed by atoms with Crippen molar-refractivity contribution in [1.82, 2.24) is 4.90 Å². The third-order valence-corrected chi connectivity index (χ3v) is 1.88. The summed E-state index contributed by atoms with van der Waals surface area (Å²) < 4.78 is 4.65. The molecular formula is C9H20N2O2. The van der Waals surface area contributed by atoms with Gasteiger partial charge >= 0.3 is 5.97 Å². The standard InChI is InChI=1S/C9H20N2O2/c1-7(2)6-11(3)8(5-10)9(12)13-4/h7-8H,5-6,10H2,1-4H3. The molecule has 0 aliphatic carbocycles. The van der Waals surface area contributed by atoms with Crippen LogP contribution in [0, 0.1) is 5.92 Å². The molecule has 78 valence electrons. The van der Waals surface area contributed by atoms with E-state index in [-0.39, 0.29) is 12.0 Å². The van der Waals surface area contributed by atoms with Gasteiger partial charge in [0.2, 0.25) is 0 Å². The molecule has 0 saturated carbocycles. The summed E-state index contributed by atoms with van der Waals surface area (Å²) in [6.45, 7) is 5.34. The van der Waals surface area contributed by atoms with Crippen molar-refractivity contribution in [1.29, 1.82) is 0 Å². The maximum atomic E-state index is 11.2. The molecule has 0 aromatic carbocycles. The number of hydrogen-bond donors (Lipinski definition) is 1. The quantitative estimate of drug-likeness (QED) is 0.621. The van der Waals surface area contributed by atoms with Gasteiger partial charge in [-0.15, -0.1) is 0 Å². The number of carbonyl (C=O) groups is 1. The molecule has 0 aliphatic heterocycles. The first-order valence-electron chi connectivity index (χ1n) is 4.51. The molecule has 0 radical (unpaired) electrons. The van der Waals surface area contributed by atoms with E-state index in [9.17, 15) is 4.79 Å². The number of rotatable bonds is 5. The number of nitrogens with zero attached hydrogens (tertiary/aromatic N) is 1.